The molecule has 1 atom stereocenters. The molecule has 3 aromatic rings. The molecule has 1 aliphatic rings. The van der Waals surface area contributed by atoms with Crippen LogP contribution in [0.15, 0.2) is 40.8 Å². The Labute approximate surface area is 168 Å². The van der Waals surface area contributed by atoms with Crippen LogP contribution in [0.3, 0.4) is 0 Å². The van der Waals surface area contributed by atoms with Gasteiger partial charge < -0.3 is 4.90 Å². The lowest BCUT2D eigenvalue weighted by Crippen LogP contribution is -2.46. The van der Waals surface area contributed by atoms with E-state index in [2.05, 4.69) is 4.98 Å². The SMILES string of the molecule is Cc1ccc(-c2csc3ncn(CC(=O)N4CCCC4C(F)(F)F)c(=O)c23)cc1. The van der Waals surface area contributed by atoms with E-state index in [1.807, 2.05) is 36.6 Å². The fourth-order valence-electron chi connectivity index (χ4n) is 3.67. The van der Waals surface area contributed by atoms with E-state index >= 15 is 0 Å². The summed E-state index contributed by atoms with van der Waals surface area (Å²) in [6.07, 6.45) is -3.05. The topological polar surface area (TPSA) is 55.2 Å². The summed E-state index contributed by atoms with van der Waals surface area (Å²) in [4.78, 5) is 31.1. The summed E-state index contributed by atoms with van der Waals surface area (Å²) in [5.41, 5.74) is 2.21. The second-order valence-corrected chi connectivity index (χ2v) is 8.02. The molecule has 0 aliphatic carbocycles. The third-order valence-corrected chi connectivity index (χ3v) is 6.07. The van der Waals surface area contributed by atoms with Crippen LogP contribution in [-0.4, -0.2) is 39.1 Å². The van der Waals surface area contributed by atoms with E-state index in [1.165, 1.54) is 17.7 Å². The van der Waals surface area contributed by atoms with E-state index in [1.54, 1.807) is 0 Å². The van der Waals surface area contributed by atoms with Gasteiger partial charge in [0.05, 0.1) is 11.7 Å². The van der Waals surface area contributed by atoms with Crippen molar-refractivity contribution in [3.05, 3.63) is 51.9 Å². The Kier molecular flexibility index (Phi) is 4.94. The molecule has 1 amide bonds. The van der Waals surface area contributed by atoms with Gasteiger partial charge in [-0.3, -0.25) is 14.2 Å². The van der Waals surface area contributed by atoms with E-state index < -0.39 is 30.2 Å². The van der Waals surface area contributed by atoms with Crippen LogP contribution in [0.5, 0.6) is 0 Å². The number of thiophene rings is 1. The zero-order valence-corrected chi connectivity index (χ0v) is 16.4. The molecule has 0 saturated carbocycles. The minimum Gasteiger partial charge on any atom is -0.329 e. The first-order valence-electron chi connectivity index (χ1n) is 9.15. The zero-order chi connectivity index (χ0) is 20.8. The van der Waals surface area contributed by atoms with Gasteiger partial charge in [0.15, 0.2) is 0 Å². The van der Waals surface area contributed by atoms with Crippen molar-refractivity contribution in [2.24, 2.45) is 0 Å². The van der Waals surface area contributed by atoms with Crippen molar-refractivity contribution in [2.45, 2.75) is 38.5 Å². The highest BCUT2D eigenvalue weighted by Gasteiger charge is 2.47. The number of benzene rings is 1. The average Bonchev–Trinajstić information content (AvgIpc) is 3.32. The summed E-state index contributed by atoms with van der Waals surface area (Å²) in [6.45, 7) is 1.54. The van der Waals surface area contributed by atoms with E-state index in [0.717, 1.165) is 20.6 Å². The fraction of sp³-hybridized carbons (Fsp3) is 0.350. The van der Waals surface area contributed by atoms with Gasteiger partial charge in [-0.15, -0.1) is 11.3 Å². The molecule has 29 heavy (non-hydrogen) atoms. The van der Waals surface area contributed by atoms with Crippen molar-refractivity contribution in [2.75, 3.05) is 6.54 Å². The van der Waals surface area contributed by atoms with Crippen LogP contribution >= 0.6 is 11.3 Å². The number of hydrogen-bond donors (Lipinski definition) is 0. The Bertz CT molecular complexity index is 1120. The Morgan fingerprint density at radius 1 is 1.28 bits per heavy atom. The highest BCUT2D eigenvalue weighted by atomic mass is 32.1. The molecule has 1 aliphatic heterocycles. The van der Waals surface area contributed by atoms with Crippen molar-refractivity contribution in [3.8, 4) is 11.1 Å². The van der Waals surface area contributed by atoms with Gasteiger partial charge in [-0.05, 0) is 25.3 Å². The number of rotatable bonds is 3. The lowest BCUT2D eigenvalue weighted by molar-refractivity contribution is -0.183. The molecule has 1 saturated heterocycles. The lowest BCUT2D eigenvalue weighted by Gasteiger charge is -2.26. The van der Waals surface area contributed by atoms with E-state index in [-0.39, 0.29) is 13.0 Å². The summed E-state index contributed by atoms with van der Waals surface area (Å²) in [7, 11) is 0. The number of fused-ring (bicyclic) bond motifs is 1. The van der Waals surface area contributed by atoms with Crippen molar-refractivity contribution >= 4 is 27.5 Å². The van der Waals surface area contributed by atoms with Crippen LogP contribution in [0.4, 0.5) is 13.2 Å². The largest absolute Gasteiger partial charge is 0.408 e. The number of amides is 1. The molecule has 152 valence electrons. The molecule has 0 radical (unpaired) electrons. The Balaban J connectivity index is 1.68. The summed E-state index contributed by atoms with van der Waals surface area (Å²) in [6, 6.07) is 5.88. The number of likely N-dealkylation sites (tertiary alicyclic amines) is 1. The highest BCUT2D eigenvalue weighted by molar-refractivity contribution is 7.17. The van der Waals surface area contributed by atoms with E-state index in [9.17, 15) is 22.8 Å². The number of aromatic nitrogens is 2. The Morgan fingerprint density at radius 2 is 2.00 bits per heavy atom. The van der Waals surface area contributed by atoms with Gasteiger partial charge in [0, 0.05) is 17.5 Å². The molecule has 0 bridgehead atoms. The van der Waals surface area contributed by atoms with Crippen molar-refractivity contribution in [1.29, 1.82) is 0 Å². The molecule has 9 heteroatoms. The maximum atomic E-state index is 13.2. The van der Waals surface area contributed by atoms with Crippen LogP contribution in [-0.2, 0) is 11.3 Å². The number of nitrogens with zero attached hydrogens (tertiary/aromatic N) is 3. The normalized spacial score (nSPS) is 17.2. The lowest BCUT2D eigenvalue weighted by atomic mass is 10.1. The molecule has 1 aromatic carbocycles. The average molecular weight is 421 g/mol. The van der Waals surface area contributed by atoms with Crippen molar-refractivity contribution in [1.82, 2.24) is 14.5 Å². The highest BCUT2D eigenvalue weighted by Crippen LogP contribution is 2.33. The summed E-state index contributed by atoms with van der Waals surface area (Å²) in [5, 5.41) is 2.21. The predicted octanol–water partition coefficient (Wildman–Crippen LogP) is 3.99. The standard InChI is InChI=1S/C20H18F3N3O2S/c1-12-4-6-13(7-5-12)14-10-29-18-17(14)19(28)25(11-24-18)9-16(27)26-8-2-3-15(26)20(21,22)23/h4-7,10-11,15H,2-3,8-9H2,1H3. The van der Waals surface area contributed by atoms with Crippen molar-refractivity contribution in [3.63, 3.8) is 0 Å². The maximum Gasteiger partial charge on any atom is 0.408 e. The van der Waals surface area contributed by atoms with Crippen LogP contribution in [0.1, 0.15) is 18.4 Å². The minimum atomic E-state index is -4.47. The molecular weight excluding hydrogens is 403 g/mol. The van der Waals surface area contributed by atoms with Crippen LogP contribution in [0.2, 0.25) is 0 Å². The van der Waals surface area contributed by atoms with Gasteiger partial charge in [-0.1, -0.05) is 29.8 Å². The number of carbonyl (C=O) groups excluding carboxylic acids is 1. The third kappa shape index (κ3) is 3.66. The first-order valence-corrected chi connectivity index (χ1v) is 10.0. The number of hydrogen-bond acceptors (Lipinski definition) is 4. The first kappa shape index (κ1) is 19.6. The first-order chi connectivity index (χ1) is 13.8. The molecule has 0 N–H and O–H groups in total. The quantitative estimate of drug-likeness (QED) is 0.643. The third-order valence-electron chi connectivity index (χ3n) is 5.18. The smallest absolute Gasteiger partial charge is 0.329 e. The number of halogens is 3. The van der Waals surface area contributed by atoms with Gasteiger partial charge in [-0.2, -0.15) is 13.2 Å². The van der Waals surface area contributed by atoms with E-state index in [4.69, 9.17) is 0 Å². The second kappa shape index (κ2) is 7.29. The Hall–Kier alpha value is -2.68. The number of carbonyl (C=O) groups is 1. The molecule has 2 aromatic heterocycles. The molecule has 4 rings (SSSR count). The fourth-order valence-corrected chi connectivity index (χ4v) is 4.57. The van der Waals surface area contributed by atoms with Crippen LogP contribution in [0, 0.1) is 6.92 Å². The molecule has 3 heterocycles. The van der Waals surface area contributed by atoms with Crippen LogP contribution in [0.25, 0.3) is 21.3 Å². The van der Waals surface area contributed by atoms with Crippen molar-refractivity contribution < 1.29 is 18.0 Å². The van der Waals surface area contributed by atoms with Gasteiger partial charge in [0.2, 0.25) is 5.91 Å². The number of aryl methyl sites for hydroxylation is 1. The monoisotopic (exact) mass is 421 g/mol. The van der Waals surface area contributed by atoms with Gasteiger partial charge >= 0.3 is 6.18 Å². The molecular formula is C20H18F3N3O2S. The summed E-state index contributed by atoms with van der Waals surface area (Å²) < 4.78 is 40.6. The second-order valence-electron chi connectivity index (χ2n) is 7.16. The number of alkyl halides is 3. The van der Waals surface area contributed by atoms with Gasteiger partial charge in [0.1, 0.15) is 17.4 Å². The van der Waals surface area contributed by atoms with Gasteiger partial charge in [0.25, 0.3) is 5.56 Å². The summed E-state index contributed by atoms with van der Waals surface area (Å²) in [5.74, 6) is -0.722. The minimum absolute atomic E-state index is 0.0422. The Morgan fingerprint density at radius 3 is 2.69 bits per heavy atom. The van der Waals surface area contributed by atoms with Gasteiger partial charge in [-0.25, -0.2) is 4.98 Å². The van der Waals surface area contributed by atoms with E-state index in [0.29, 0.717) is 22.2 Å². The molecule has 5 nitrogen and oxygen atoms in total. The maximum absolute atomic E-state index is 13.2. The zero-order valence-electron chi connectivity index (χ0n) is 15.6. The molecule has 1 fully saturated rings. The molecule has 1 unspecified atom stereocenters. The predicted molar refractivity (Wildman–Crippen MR) is 105 cm³/mol. The summed E-state index contributed by atoms with van der Waals surface area (Å²) >= 11 is 1.32. The van der Waals surface area contributed by atoms with Crippen LogP contribution < -0.4 is 5.56 Å². The molecule has 0 spiro atoms.